The number of rotatable bonds is 24. The molecule has 2 aromatic heterocycles. The minimum Gasteiger partial charge on any atom is -0.389 e. The number of hydrogen-bond acceptors (Lipinski definition) is 40. The van der Waals surface area contributed by atoms with Gasteiger partial charge in [0.25, 0.3) is 0 Å². The zero-order valence-electron chi connectivity index (χ0n) is 54.8. The molecule has 8 fully saturated rings. The number of nitrogens with zero attached hydrogens (tertiary/aromatic N) is 6. The van der Waals surface area contributed by atoms with E-state index in [0.717, 1.165) is 11.1 Å². The maximum absolute atomic E-state index is 12.1. The van der Waals surface area contributed by atoms with E-state index in [1.807, 2.05) is 24.3 Å². The third kappa shape index (κ3) is 17.0. The van der Waals surface area contributed by atoms with Gasteiger partial charge >= 0.3 is 0 Å². The first-order chi connectivity index (χ1) is 47.6. The molecule has 43 heteroatoms. The van der Waals surface area contributed by atoms with E-state index in [2.05, 4.69) is 20.6 Å². The van der Waals surface area contributed by atoms with Crippen LogP contribution in [0.4, 0.5) is 0 Å². The lowest BCUT2D eigenvalue weighted by atomic mass is 9.84. The van der Waals surface area contributed by atoms with Crippen molar-refractivity contribution in [3.63, 3.8) is 0 Å². The topological polar surface area (TPSA) is 727 Å². The molecule has 42 nitrogen and oxygen atoms in total. The van der Waals surface area contributed by atoms with Crippen LogP contribution in [-0.4, -0.2) is 350 Å². The molecule has 11 rings (SSSR count). The second-order valence-corrected chi connectivity index (χ2v) is 27.2. The summed E-state index contributed by atoms with van der Waals surface area (Å²) >= 11 is 0. The molecule has 6 aliphatic heterocycles. The molecule has 1 aromatic carbocycles. The van der Waals surface area contributed by atoms with Crippen LogP contribution in [0.25, 0.3) is 0 Å². The van der Waals surface area contributed by atoms with Gasteiger partial charge in [-0.2, -0.15) is 0 Å². The van der Waals surface area contributed by atoms with E-state index in [-0.39, 0.29) is 77.4 Å². The van der Waals surface area contributed by atoms with Crippen molar-refractivity contribution in [1.82, 2.24) is 30.0 Å². The molecule has 0 amide bonds. The van der Waals surface area contributed by atoms with Crippen LogP contribution in [0.1, 0.15) is 35.4 Å². The summed E-state index contributed by atoms with van der Waals surface area (Å²) in [6.45, 7) is -1.26. The summed E-state index contributed by atoms with van der Waals surface area (Å²) in [6.07, 6.45) is -38.8. The lowest BCUT2D eigenvalue weighted by Gasteiger charge is -2.47. The van der Waals surface area contributed by atoms with E-state index < -0.39 is 233 Å². The van der Waals surface area contributed by atoms with Gasteiger partial charge in [-0.1, -0.05) is 34.7 Å². The van der Waals surface area contributed by atoms with Gasteiger partial charge in [0.2, 0.25) is 0 Å². The molecule has 0 bridgehead atoms. The maximum Gasteiger partial charge on any atom is 0.187 e. The van der Waals surface area contributed by atoms with Crippen molar-refractivity contribution in [2.75, 3.05) is 26.2 Å². The maximum atomic E-state index is 12.1. The highest BCUT2D eigenvalue weighted by atomic mass is 35.5. The Bertz CT molecular complexity index is 2890. The monoisotopic (exact) mass is 1470 g/mol. The van der Waals surface area contributed by atoms with Crippen LogP contribution in [-0.2, 0) is 82.8 Å². The van der Waals surface area contributed by atoms with Gasteiger partial charge in [0, 0.05) is 75.6 Å². The molecule has 0 unspecified atom stereocenters. The third-order valence-electron chi connectivity index (χ3n) is 20.1. The Hall–Kier alpha value is -3.65. The van der Waals surface area contributed by atoms with Gasteiger partial charge in [-0.3, -0.25) is 0 Å². The van der Waals surface area contributed by atoms with E-state index >= 15 is 0 Å². The quantitative estimate of drug-likeness (QED) is 0.0396. The zero-order chi connectivity index (χ0) is 72.0. The Morgan fingerprint density at radius 2 is 0.644 bits per heavy atom. The molecule has 38 atom stereocenters. The van der Waals surface area contributed by atoms with Crippen LogP contribution in [0.3, 0.4) is 0 Å². The van der Waals surface area contributed by atoms with E-state index in [9.17, 15) is 61.3 Å². The molecule has 0 spiro atoms. The number of aliphatic hydroxyl groups excluding tert-OH is 12. The number of halogens is 1. The molecule has 3 aromatic rings. The fourth-order valence-electron chi connectivity index (χ4n) is 14.1. The highest BCUT2D eigenvalue weighted by molar-refractivity contribution is 5.85. The first-order valence-electron chi connectivity index (χ1n) is 33.3. The Balaban J connectivity index is 0.0000110. The number of ether oxygens (including phenoxy) is 12. The summed E-state index contributed by atoms with van der Waals surface area (Å²) in [5, 5.41) is 150. The van der Waals surface area contributed by atoms with E-state index in [4.69, 9.17) is 126 Å². The van der Waals surface area contributed by atoms with Crippen molar-refractivity contribution in [2.45, 2.75) is 271 Å². The van der Waals surface area contributed by atoms with Crippen molar-refractivity contribution in [2.24, 2.45) is 68.8 Å². The van der Waals surface area contributed by atoms with E-state index in [1.54, 1.807) is 12.4 Å². The number of hydrogen-bond donors (Lipinski definition) is 24. The average molecular weight is 1470 g/mol. The first kappa shape index (κ1) is 79.9. The second kappa shape index (κ2) is 34.1. The molecule has 101 heavy (non-hydrogen) atoms. The summed E-state index contributed by atoms with van der Waals surface area (Å²) in [5.74, 6) is 0. The Morgan fingerprint density at radius 3 is 0.950 bits per heavy atom. The summed E-state index contributed by atoms with van der Waals surface area (Å²) in [5.41, 5.74) is 76.9. The molecule has 574 valence electrons. The minimum atomic E-state index is -1.72. The van der Waals surface area contributed by atoms with Crippen molar-refractivity contribution in [3.05, 3.63) is 59.2 Å². The van der Waals surface area contributed by atoms with Crippen molar-refractivity contribution in [3.8, 4) is 0 Å². The second-order valence-electron chi connectivity index (χ2n) is 27.2. The van der Waals surface area contributed by atoms with Gasteiger partial charge in [-0.05, 0) is 24.0 Å². The Morgan fingerprint density at radius 1 is 0.356 bits per heavy atom. The van der Waals surface area contributed by atoms with E-state index in [0.29, 0.717) is 11.4 Å². The number of nitrogens with two attached hydrogens (primary N) is 12. The normalized spacial score (nSPS) is 46.8. The number of aromatic nitrogens is 6. The molecular formula is C58H101ClN18O24. The van der Waals surface area contributed by atoms with Crippen molar-refractivity contribution in [1.29, 1.82) is 0 Å². The van der Waals surface area contributed by atoms with Crippen LogP contribution >= 0.6 is 12.4 Å². The fourth-order valence-corrected chi connectivity index (χ4v) is 14.1. The van der Waals surface area contributed by atoms with Crippen LogP contribution in [0.5, 0.6) is 0 Å². The molecule has 8 aliphatic rings. The van der Waals surface area contributed by atoms with Gasteiger partial charge in [0.1, 0.15) is 134 Å². The SMILES string of the molecule is Cl.NC[C@@H]1O[C@H](O[C@H]2[C@@H](O)[C@H](O[C@@H]3[C@@H](O)[C@H](N)C[C@H](N)[C@H]3O[C@H]3O[C@H](CN)[C@@H](O)[C@H](O)[C@H]3N)O[C@@H]2Cn2cc(Cc3cccc(Cc4cn(C[C@H]5O[C@@H](O[C@@H]6[C@@H](O)[C@H](N)C[C@H](N)[C@H]6O[C@H]6O[C@H](CN)[C@@H](O)[C@H](O)[C@H]6N)[C@H](O)[C@@H]5O[C@H]5O[C@@H](CN)[C@@H](O)[C@H](O)[C@H]5N)nn4)c3)nn2)[C@H](N)[C@@H](O)[C@@H]1O. The van der Waals surface area contributed by atoms with Gasteiger partial charge < -0.3 is 187 Å². The number of aliphatic hydroxyl groups is 12. The zero-order valence-corrected chi connectivity index (χ0v) is 55.6. The molecule has 36 N–H and O–H groups in total. The molecular weight excluding hydrogens is 1370 g/mol. The summed E-state index contributed by atoms with van der Waals surface area (Å²) < 4.78 is 76.7. The standard InChI is InChI=1S/C58H100N18O24.ClH/c59-9-25-37(79)41(83)31(67)53(89-25)95-47-23(65)7-21(63)35(77)51(47)99-57-45(87)49(97-55-33(69)43(85)39(81)27(11-61)91-55)29(93-57)15-75-13-19(71-73-75)5-17-2-1-3-18(4-17)6-20-14-76(74-72-20)16-30-50(98-56-34(70)44(86)40(82)28(12-62)92-56)46(88)58(94-30)100-52-36(78)22(64)8-24(66)48(52)96-54-32(68)42(84)38(80)26(10-60)90-54;/h1-4,13-14,21-58,77-88H,5-12,15-16,59-70H2;1H/t21-,22-,23+,24+,25-,26-,27+,28+,29-,30-,31-,32-,33-,34-,35+,36+,37-,38-,39-,40-,41-,42-,43-,44-,45-,46-,47-,48-,49-,50-,51-,52-,53-,54-,55-,56-,57+,58+;/m1./s1. The predicted octanol–water partition coefficient (Wildman–Crippen LogP) is -15.3. The minimum absolute atomic E-state index is 0. The van der Waals surface area contributed by atoms with Crippen LogP contribution < -0.4 is 68.8 Å². The third-order valence-corrected chi connectivity index (χ3v) is 20.1. The van der Waals surface area contributed by atoms with Gasteiger partial charge in [-0.25, -0.2) is 9.36 Å². The van der Waals surface area contributed by atoms with Crippen LogP contribution in [0, 0.1) is 0 Å². The number of benzene rings is 1. The van der Waals surface area contributed by atoms with Gasteiger partial charge in [0.05, 0.1) is 60.9 Å². The molecule has 8 heterocycles. The van der Waals surface area contributed by atoms with Crippen LogP contribution in [0.2, 0.25) is 0 Å². The lowest BCUT2D eigenvalue weighted by molar-refractivity contribution is -0.306. The Labute approximate surface area is 584 Å². The summed E-state index contributed by atoms with van der Waals surface area (Å²) in [7, 11) is 0. The highest BCUT2D eigenvalue weighted by Gasteiger charge is 2.58. The van der Waals surface area contributed by atoms with Gasteiger partial charge in [-0.15, -0.1) is 22.6 Å². The summed E-state index contributed by atoms with van der Waals surface area (Å²) in [6, 6.07) is -1.70. The molecule has 2 aliphatic carbocycles. The lowest BCUT2D eigenvalue weighted by Crippen LogP contribution is -2.68. The largest absolute Gasteiger partial charge is 0.389 e. The highest BCUT2D eigenvalue weighted by Crippen LogP contribution is 2.38. The average Bonchev–Trinajstić information content (AvgIpc) is 1.75. The van der Waals surface area contributed by atoms with Crippen molar-refractivity contribution < 1.29 is 118 Å². The smallest absolute Gasteiger partial charge is 0.187 e. The fraction of sp³-hybridized carbons (Fsp3) is 0.828. The van der Waals surface area contributed by atoms with E-state index in [1.165, 1.54) is 9.36 Å². The first-order valence-corrected chi connectivity index (χ1v) is 33.3. The molecule has 2 saturated carbocycles. The summed E-state index contributed by atoms with van der Waals surface area (Å²) in [4.78, 5) is 0. The Kier molecular flexibility index (Phi) is 27.0. The molecule has 0 radical (unpaired) electrons. The molecule has 6 saturated heterocycles. The predicted molar refractivity (Wildman–Crippen MR) is 342 cm³/mol. The van der Waals surface area contributed by atoms with Crippen molar-refractivity contribution >= 4 is 12.4 Å². The van der Waals surface area contributed by atoms with Crippen LogP contribution in [0.15, 0.2) is 36.7 Å². The van der Waals surface area contributed by atoms with Gasteiger partial charge in [0.15, 0.2) is 37.7 Å².